The van der Waals surface area contributed by atoms with Crippen molar-refractivity contribution >= 4 is 17.7 Å². The Balaban J connectivity index is 2.75. The predicted octanol–water partition coefficient (Wildman–Crippen LogP) is 1.03. The van der Waals surface area contributed by atoms with Crippen molar-refractivity contribution in [2.45, 2.75) is 25.8 Å². The lowest BCUT2D eigenvalue weighted by molar-refractivity contribution is -0.143. The highest BCUT2D eigenvalue weighted by Crippen LogP contribution is 2.11. The summed E-state index contributed by atoms with van der Waals surface area (Å²) in [6.45, 7) is 1.41. The Morgan fingerprint density at radius 1 is 1.35 bits per heavy atom. The summed E-state index contributed by atoms with van der Waals surface area (Å²) in [6.07, 6.45) is 0.340. The van der Waals surface area contributed by atoms with Crippen molar-refractivity contribution in [2.75, 3.05) is 7.11 Å². The van der Waals surface area contributed by atoms with Crippen molar-refractivity contribution in [3.8, 4) is 5.75 Å². The highest BCUT2D eigenvalue weighted by Gasteiger charge is 2.22. The van der Waals surface area contributed by atoms with E-state index in [-0.39, 0.29) is 29.9 Å². The smallest absolute Gasteiger partial charge is 0.328 e. The second kappa shape index (κ2) is 7.28. The van der Waals surface area contributed by atoms with Crippen LogP contribution in [0.5, 0.6) is 5.75 Å². The fraction of sp³-hybridized carbons (Fsp3) is 0.357. The van der Waals surface area contributed by atoms with Crippen LogP contribution < -0.4 is 5.32 Å². The molecule has 0 radical (unpaired) electrons. The zero-order valence-electron chi connectivity index (χ0n) is 11.4. The number of carbonyl (C=O) groups is 3. The predicted molar refractivity (Wildman–Crippen MR) is 71.3 cm³/mol. The van der Waals surface area contributed by atoms with Crippen LogP contribution in [0.1, 0.15) is 30.1 Å². The Morgan fingerprint density at radius 3 is 2.60 bits per heavy atom. The van der Waals surface area contributed by atoms with Gasteiger partial charge in [0.05, 0.1) is 7.11 Å². The molecule has 0 bridgehead atoms. The molecule has 0 aromatic heterocycles. The van der Waals surface area contributed by atoms with Crippen molar-refractivity contribution in [2.24, 2.45) is 0 Å². The van der Waals surface area contributed by atoms with Gasteiger partial charge in [-0.05, 0) is 31.5 Å². The summed E-state index contributed by atoms with van der Waals surface area (Å²) in [7, 11) is 1.21. The van der Waals surface area contributed by atoms with Gasteiger partial charge in [0.25, 0.3) is 5.91 Å². The number of amides is 1. The molecule has 0 aliphatic carbocycles. The van der Waals surface area contributed by atoms with Gasteiger partial charge in [0.15, 0.2) is 0 Å². The third-order valence-corrected chi connectivity index (χ3v) is 2.68. The highest BCUT2D eigenvalue weighted by molar-refractivity contribution is 5.97. The molecule has 0 fully saturated rings. The second-order valence-electron chi connectivity index (χ2n) is 4.34. The first-order chi connectivity index (χ1) is 9.43. The molecule has 0 aliphatic rings. The fourth-order valence-electron chi connectivity index (χ4n) is 1.63. The largest absolute Gasteiger partial charge is 0.508 e. The molecule has 108 valence electrons. The fourth-order valence-corrected chi connectivity index (χ4v) is 1.63. The molecular weight excluding hydrogens is 262 g/mol. The van der Waals surface area contributed by atoms with Crippen molar-refractivity contribution in [1.82, 2.24) is 5.32 Å². The van der Waals surface area contributed by atoms with Crippen LogP contribution in [0.4, 0.5) is 0 Å². The van der Waals surface area contributed by atoms with Crippen LogP contribution >= 0.6 is 0 Å². The van der Waals surface area contributed by atoms with Crippen molar-refractivity contribution < 1.29 is 24.2 Å². The van der Waals surface area contributed by atoms with E-state index in [4.69, 9.17) is 0 Å². The van der Waals surface area contributed by atoms with Crippen molar-refractivity contribution in [3.63, 3.8) is 0 Å². The summed E-state index contributed by atoms with van der Waals surface area (Å²) in [5.41, 5.74) is 0.224. The molecule has 1 aromatic carbocycles. The van der Waals surface area contributed by atoms with Crippen LogP contribution in [0.3, 0.4) is 0 Å². The number of methoxy groups -OCH3 is 1. The number of benzene rings is 1. The standard InChI is InChI=1S/C14H17NO5/c1-9(16)6-7-12(14(19)20-2)15-13(18)10-4-3-5-11(17)8-10/h3-5,8,12,17H,6-7H2,1-2H3,(H,15,18)/t12-/m0/s1. The minimum atomic E-state index is -0.890. The molecule has 1 atom stereocenters. The number of esters is 1. The normalized spacial score (nSPS) is 11.5. The number of Topliss-reactive ketones (excluding diaryl/α,β-unsaturated/α-hetero) is 1. The Labute approximate surface area is 116 Å². The maximum atomic E-state index is 12.0. The number of hydrogen-bond donors (Lipinski definition) is 2. The minimum Gasteiger partial charge on any atom is -0.508 e. The molecule has 1 aromatic rings. The monoisotopic (exact) mass is 279 g/mol. The summed E-state index contributed by atoms with van der Waals surface area (Å²) in [4.78, 5) is 34.5. The van der Waals surface area contributed by atoms with Gasteiger partial charge in [0.2, 0.25) is 0 Å². The lowest BCUT2D eigenvalue weighted by Gasteiger charge is -2.16. The van der Waals surface area contributed by atoms with E-state index < -0.39 is 17.9 Å². The van der Waals surface area contributed by atoms with Crippen molar-refractivity contribution in [3.05, 3.63) is 29.8 Å². The zero-order chi connectivity index (χ0) is 15.1. The van der Waals surface area contributed by atoms with Gasteiger partial charge < -0.3 is 20.0 Å². The average Bonchev–Trinajstić information content (AvgIpc) is 2.42. The number of phenolic OH excluding ortho intramolecular Hbond substituents is 1. The summed E-state index contributed by atoms with van der Waals surface area (Å²) in [6, 6.07) is 4.86. The molecule has 2 N–H and O–H groups in total. The van der Waals surface area contributed by atoms with Gasteiger partial charge >= 0.3 is 5.97 Å². The lowest BCUT2D eigenvalue weighted by Crippen LogP contribution is -2.41. The molecule has 0 saturated carbocycles. The highest BCUT2D eigenvalue weighted by atomic mass is 16.5. The van der Waals surface area contributed by atoms with Crippen LogP contribution in [0.15, 0.2) is 24.3 Å². The molecule has 0 spiro atoms. The number of hydrogen-bond acceptors (Lipinski definition) is 5. The van der Waals surface area contributed by atoms with Gasteiger partial charge in [-0.25, -0.2) is 4.79 Å². The maximum Gasteiger partial charge on any atom is 0.328 e. The third kappa shape index (κ3) is 4.72. The number of ether oxygens (including phenoxy) is 1. The number of carbonyl (C=O) groups excluding carboxylic acids is 3. The summed E-state index contributed by atoms with van der Waals surface area (Å²) >= 11 is 0. The molecule has 0 unspecified atom stereocenters. The molecule has 0 heterocycles. The van der Waals surface area contributed by atoms with E-state index in [1.807, 2.05) is 0 Å². The first-order valence-corrected chi connectivity index (χ1v) is 6.11. The van der Waals surface area contributed by atoms with Gasteiger partial charge in [-0.15, -0.1) is 0 Å². The van der Waals surface area contributed by atoms with Gasteiger partial charge in [0.1, 0.15) is 17.6 Å². The first kappa shape index (κ1) is 15.7. The summed E-state index contributed by atoms with van der Waals surface area (Å²) in [5, 5.41) is 11.8. The van der Waals surface area contributed by atoms with E-state index >= 15 is 0 Å². The van der Waals surface area contributed by atoms with Crippen LogP contribution in [-0.4, -0.2) is 35.9 Å². The third-order valence-electron chi connectivity index (χ3n) is 2.68. The molecule has 20 heavy (non-hydrogen) atoms. The van der Waals surface area contributed by atoms with Crippen LogP contribution in [0.2, 0.25) is 0 Å². The number of phenols is 1. The summed E-state index contributed by atoms with van der Waals surface area (Å²) in [5.74, 6) is -1.25. The van der Waals surface area contributed by atoms with Crippen molar-refractivity contribution in [1.29, 1.82) is 0 Å². The van der Waals surface area contributed by atoms with E-state index in [9.17, 15) is 19.5 Å². The van der Waals surface area contributed by atoms with Crippen LogP contribution in [-0.2, 0) is 14.3 Å². The minimum absolute atomic E-state index is 0.0454. The van der Waals surface area contributed by atoms with E-state index in [0.29, 0.717) is 0 Å². The molecule has 6 nitrogen and oxygen atoms in total. The lowest BCUT2D eigenvalue weighted by atomic mass is 10.1. The molecule has 0 aliphatic heterocycles. The molecule has 1 rings (SSSR count). The topological polar surface area (TPSA) is 92.7 Å². The number of nitrogens with one attached hydrogen (secondary N) is 1. The van der Waals surface area contributed by atoms with E-state index in [1.165, 1.54) is 38.3 Å². The Bertz CT molecular complexity index is 512. The molecular formula is C14H17NO5. The first-order valence-electron chi connectivity index (χ1n) is 6.11. The number of rotatable bonds is 6. The van der Waals surface area contributed by atoms with Gasteiger partial charge in [-0.1, -0.05) is 6.07 Å². The van der Waals surface area contributed by atoms with E-state index in [0.717, 1.165) is 0 Å². The average molecular weight is 279 g/mol. The van der Waals surface area contributed by atoms with Gasteiger partial charge in [-0.3, -0.25) is 4.79 Å². The van der Waals surface area contributed by atoms with Gasteiger partial charge in [0, 0.05) is 12.0 Å². The zero-order valence-corrected chi connectivity index (χ0v) is 11.4. The SMILES string of the molecule is COC(=O)[C@H](CCC(C)=O)NC(=O)c1cccc(O)c1. The Morgan fingerprint density at radius 2 is 2.05 bits per heavy atom. The number of aromatic hydroxyl groups is 1. The summed E-state index contributed by atoms with van der Waals surface area (Å²) < 4.78 is 4.59. The Hall–Kier alpha value is -2.37. The van der Waals surface area contributed by atoms with E-state index in [1.54, 1.807) is 0 Å². The quantitative estimate of drug-likeness (QED) is 0.759. The van der Waals surface area contributed by atoms with Gasteiger partial charge in [-0.2, -0.15) is 0 Å². The molecule has 1 amide bonds. The van der Waals surface area contributed by atoms with Crippen LogP contribution in [0.25, 0.3) is 0 Å². The number of ketones is 1. The second-order valence-corrected chi connectivity index (χ2v) is 4.34. The Kier molecular flexibility index (Phi) is 5.71. The molecule has 6 heteroatoms. The maximum absolute atomic E-state index is 12.0. The van der Waals surface area contributed by atoms with Crippen LogP contribution in [0, 0.1) is 0 Å². The van der Waals surface area contributed by atoms with E-state index in [2.05, 4.69) is 10.1 Å². The molecule has 0 saturated heterocycles.